The van der Waals surface area contributed by atoms with E-state index in [-0.39, 0.29) is 59.1 Å². The molecule has 1 heterocycles. The van der Waals surface area contributed by atoms with Crippen molar-refractivity contribution in [2.45, 2.75) is 51.1 Å². The molecule has 0 spiro atoms. The summed E-state index contributed by atoms with van der Waals surface area (Å²) in [5, 5.41) is 41.0. The highest BCUT2D eigenvalue weighted by Gasteiger charge is 2.38. The number of aliphatic hydroxyl groups excluding tert-OH is 2. The van der Waals surface area contributed by atoms with Gasteiger partial charge in [-0.05, 0) is 50.9 Å². The van der Waals surface area contributed by atoms with Crippen LogP contribution in [0, 0.1) is 5.92 Å². The van der Waals surface area contributed by atoms with Crippen molar-refractivity contribution in [1.82, 2.24) is 0 Å². The average Bonchev–Trinajstić information content (AvgIpc) is 2.94. The highest BCUT2D eigenvalue weighted by molar-refractivity contribution is 6.31. The van der Waals surface area contributed by atoms with Crippen molar-refractivity contribution in [3.05, 3.63) is 52.1 Å². The van der Waals surface area contributed by atoms with E-state index in [1.165, 1.54) is 26.3 Å². The first-order valence-corrected chi connectivity index (χ1v) is 12.7. The second-order valence-electron chi connectivity index (χ2n) is 9.29. The Morgan fingerprint density at radius 2 is 1.85 bits per heavy atom. The number of methoxy groups -OCH3 is 1. The number of phenols is 2. The summed E-state index contributed by atoms with van der Waals surface area (Å²) in [5.74, 6) is -3.47. The first-order chi connectivity index (χ1) is 18.7. The maximum Gasteiger partial charge on any atom is 0.202 e. The number of phenolic OH excluding ortho intramolecular Hbond substituents is 2. The second-order valence-corrected chi connectivity index (χ2v) is 9.29. The Bertz CT molecular complexity index is 1230. The topological polar surface area (TPSA) is 186 Å². The summed E-state index contributed by atoms with van der Waals surface area (Å²) in [7, 11) is 2.86. The third kappa shape index (κ3) is 6.13. The van der Waals surface area contributed by atoms with E-state index in [2.05, 4.69) is 5.73 Å². The highest BCUT2D eigenvalue weighted by atomic mass is 16.7. The first-order valence-electron chi connectivity index (χ1n) is 12.7. The normalized spacial score (nSPS) is 20.8. The number of Topliss-reactive ketones (excluding diaryl/α,β-unsaturated/α-hetero) is 1. The van der Waals surface area contributed by atoms with Crippen LogP contribution >= 0.6 is 0 Å². The van der Waals surface area contributed by atoms with Crippen molar-refractivity contribution < 1.29 is 49.0 Å². The van der Waals surface area contributed by atoms with Crippen LogP contribution in [0.4, 0.5) is 0 Å². The van der Waals surface area contributed by atoms with Gasteiger partial charge in [-0.15, -0.1) is 0 Å². The number of carbonyl (C=O) groups excluding carboxylic acids is 3. The number of aromatic hydroxyl groups is 2. The third-order valence-electron chi connectivity index (χ3n) is 6.98. The maximum absolute atomic E-state index is 13.3. The van der Waals surface area contributed by atoms with Crippen LogP contribution in [0.25, 0.3) is 0 Å². The Hall–Kier alpha value is -3.35. The Balaban J connectivity index is 0.00000205. The standard InChI is InChI=1S/C27H30O10.CH5N/c1-13-17(29)6-7-21(37-13)36-9-8-14(19(31)12-28)10-15-11-18(30)23-24(25(15)32)26(33)16-4-3-5-20(35-2)22(16)27(23)34;1-2/h3-5,11,13-14,17,21,28-30,32H,6-10,12H2,1-2H3;2H2,1H3. The van der Waals surface area contributed by atoms with E-state index < -0.39 is 53.8 Å². The molecule has 1 aliphatic carbocycles. The molecule has 1 saturated heterocycles. The van der Waals surface area contributed by atoms with E-state index >= 15 is 0 Å². The van der Waals surface area contributed by atoms with Gasteiger partial charge in [-0.25, -0.2) is 0 Å². The summed E-state index contributed by atoms with van der Waals surface area (Å²) >= 11 is 0. The predicted octanol–water partition coefficient (Wildman–Crippen LogP) is 1.47. The number of ketones is 3. The molecule has 0 bridgehead atoms. The third-order valence-corrected chi connectivity index (χ3v) is 6.98. The van der Waals surface area contributed by atoms with E-state index in [4.69, 9.17) is 14.2 Å². The van der Waals surface area contributed by atoms with E-state index in [1.54, 1.807) is 13.0 Å². The van der Waals surface area contributed by atoms with Gasteiger partial charge in [0.25, 0.3) is 0 Å². The fourth-order valence-electron chi connectivity index (χ4n) is 4.88. The van der Waals surface area contributed by atoms with Crippen molar-refractivity contribution in [2.24, 2.45) is 11.7 Å². The summed E-state index contributed by atoms with van der Waals surface area (Å²) < 4.78 is 16.5. The molecule has 2 aromatic rings. The minimum Gasteiger partial charge on any atom is -0.507 e. The molecule has 212 valence electrons. The molecule has 4 atom stereocenters. The SMILES string of the molecule is CN.COc1cccc2c1C(=O)c1c(O)cc(CC(CCOC3CCC(O)C(C)O3)C(=O)CO)c(O)c1C2=O. The van der Waals surface area contributed by atoms with E-state index in [0.717, 1.165) is 6.07 Å². The van der Waals surface area contributed by atoms with Gasteiger partial charge in [-0.2, -0.15) is 0 Å². The van der Waals surface area contributed by atoms with Crippen LogP contribution in [0.2, 0.25) is 0 Å². The van der Waals surface area contributed by atoms with E-state index in [1.807, 2.05) is 0 Å². The van der Waals surface area contributed by atoms with Gasteiger partial charge in [0.1, 0.15) is 23.9 Å². The molecule has 1 fully saturated rings. The van der Waals surface area contributed by atoms with E-state index in [9.17, 15) is 34.8 Å². The monoisotopic (exact) mass is 545 g/mol. The zero-order valence-corrected chi connectivity index (χ0v) is 22.2. The summed E-state index contributed by atoms with van der Waals surface area (Å²) in [6.07, 6.45) is -0.408. The molecule has 1 aliphatic heterocycles. The highest BCUT2D eigenvalue weighted by Crippen LogP contribution is 2.43. The number of rotatable bonds is 9. The van der Waals surface area contributed by atoms with Crippen molar-refractivity contribution in [1.29, 1.82) is 0 Å². The minimum absolute atomic E-state index is 0.00204. The molecule has 11 heteroatoms. The number of hydrogen-bond acceptors (Lipinski definition) is 11. The quantitative estimate of drug-likeness (QED) is 0.245. The van der Waals surface area contributed by atoms with Crippen molar-refractivity contribution in [3.63, 3.8) is 0 Å². The summed E-state index contributed by atoms with van der Waals surface area (Å²) in [5.41, 5.74) is 3.95. The zero-order chi connectivity index (χ0) is 28.9. The molecule has 11 nitrogen and oxygen atoms in total. The van der Waals surface area contributed by atoms with Crippen molar-refractivity contribution in [3.8, 4) is 17.2 Å². The van der Waals surface area contributed by atoms with Crippen LogP contribution in [0.1, 0.15) is 63.6 Å². The Morgan fingerprint density at radius 1 is 1.13 bits per heavy atom. The molecule has 6 N–H and O–H groups in total. The largest absolute Gasteiger partial charge is 0.507 e. The Labute approximate surface area is 226 Å². The van der Waals surface area contributed by atoms with Gasteiger partial charge in [-0.3, -0.25) is 14.4 Å². The van der Waals surface area contributed by atoms with Gasteiger partial charge in [0.05, 0.1) is 42.6 Å². The lowest BCUT2D eigenvalue weighted by molar-refractivity contribution is -0.218. The molecule has 4 unspecified atom stereocenters. The van der Waals surface area contributed by atoms with Gasteiger partial charge in [0.15, 0.2) is 17.9 Å². The number of fused-ring (bicyclic) bond motifs is 2. The molecular weight excluding hydrogens is 510 g/mol. The van der Waals surface area contributed by atoms with Gasteiger partial charge in [0, 0.05) is 17.9 Å². The number of nitrogens with two attached hydrogens (primary N) is 1. The molecule has 0 radical (unpaired) electrons. The number of aliphatic hydroxyl groups is 2. The lowest BCUT2D eigenvalue weighted by atomic mass is 9.80. The number of benzene rings is 2. The van der Waals surface area contributed by atoms with Crippen LogP contribution in [-0.4, -0.2) is 83.6 Å². The number of hydrogen-bond donors (Lipinski definition) is 5. The van der Waals surface area contributed by atoms with Crippen LogP contribution in [0.3, 0.4) is 0 Å². The summed E-state index contributed by atoms with van der Waals surface area (Å²) in [4.78, 5) is 39.0. The van der Waals surface area contributed by atoms with Crippen molar-refractivity contribution in [2.75, 3.05) is 27.4 Å². The molecule has 2 aromatic carbocycles. The molecule has 2 aliphatic rings. The molecule has 39 heavy (non-hydrogen) atoms. The fraction of sp³-hybridized carbons (Fsp3) is 0.464. The number of carbonyl (C=O) groups is 3. The van der Waals surface area contributed by atoms with Gasteiger partial charge in [-0.1, -0.05) is 12.1 Å². The molecule has 0 aromatic heterocycles. The van der Waals surface area contributed by atoms with Crippen LogP contribution in [-0.2, 0) is 20.7 Å². The Kier molecular flexibility index (Phi) is 10.2. The predicted molar refractivity (Wildman–Crippen MR) is 139 cm³/mol. The smallest absolute Gasteiger partial charge is 0.202 e. The second kappa shape index (κ2) is 13.1. The minimum atomic E-state index is -0.804. The van der Waals surface area contributed by atoms with Gasteiger partial charge in [0.2, 0.25) is 5.78 Å². The average molecular weight is 546 g/mol. The molecular formula is C28H35NO10. The molecule has 4 rings (SSSR count). The van der Waals surface area contributed by atoms with Crippen molar-refractivity contribution >= 4 is 17.3 Å². The zero-order valence-electron chi connectivity index (χ0n) is 22.2. The molecule has 0 amide bonds. The summed E-state index contributed by atoms with van der Waals surface area (Å²) in [6.45, 7) is 1.10. The van der Waals surface area contributed by atoms with Crippen LogP contribution < -0.4 is 10.5 Å². The Morgan fingerprint density at radius 3 is 2.49 bits per heavy atom. The number of ether oxygens (including phenoxy) is 3. The lowest BCUT2D eigenvalue weighted by Gasteiger charge is -2.31. The van der Waals surface area contributed by atoms with E-state index in [0.29, 0.717) is 12.8 Å². The lowest BCUT2D eigenvalue weighted by Crippen LogP contribution is -2.38. The van der Waals surface area contributed by atoms with Gasteiger partial charge < -0.3 is 40.4 Å². The first kappa shape index (κ1) is 30.2. The van der Waals surface area contributed by atoms with Gasteiger partial charge >= 0.3 is 0 Å². The fourth-order valence-corrected chi connectivity index (χ4v) is 4.88. The molecule has 0 saturated carbocycles. The van der Waals surface area contributed by atoms with Crippen LogP contribution in [0.5, 0.6) is 17.2 Å². The maximum atomic E-state index is 13.3. The summed E-state index contributed by atoms with van der Waals surface area (Å²) in [6, 6.07) is 5.66. The van der Waals surface area contributed by atoms with Crippen LogP contribution in [0.15, 0.2) is 24.3 Å².